The number of rotatable bonds is 3. The second-order valence-corrected chi connectivity index (χ2v) is 2.12. The van der Waals surface area contributed by atoms with Crippen LogP contribution < -0.4 is 0 Å². The fourth-order valence-corrected chi connectivity index (χ4v) is 0.807. The van der Waals surface area contributed by atoms with E-state index in [-0.39, 0.29) is 0 Å². The molecule has 1 atom stereocenters. The molecule has 1 heterocycles. The lowest BCUT2D eigenvalue weighted by Gasteiger charge is -2.03. The van der Waals surface area contributed by atoms with Gasteiger partial charge < -0.3 is 4.84 Å². The summed E-state index contributed by atoms with van der Waals surface area (Å²) in [5.41, 5.74) is 0. The summed E-state index contributed by atoms with van der Waals surface area (Å²) >= 11 is 0. The van der Waals surface area contributed by atoms with Crippen molar-refractivity contribution in [2.45, 2.75) is 25.4 Å². The Kier molecular flexibility index (Phi) is 2.31. The van der Waals surface area contributed by atoms with Crippen molar-refractivity contribution in [2.75, 3.05) is 0 Å². The lowest BCUT2D eigenvalue weighted by atomic mass is 10.1. The van der Waals surface area contributed by atoms with E-state index in [9.17, 15) is 0 Å². The van der Waals surface area contributed by atoms with Gasteiger partial charge in [0.05, 0.1) is 0 Å². The minimum Gasteiger partial charge on any atom is -0.392 e. The molecule has 0 aromatic heterocycles. The van der Waals surface area contributed by atoms with Crippen molar-refractivity contribution < 1.29 is 4.84 Å². The maximum Gasteiger partial charge on any atom is 0.132 e. The molecule has 0 aliphatic carbocycles. The van der Waals surface area contributed by atoms with Gasteiger partial charge in [-0.2, -0.15) is 0 Å². The van der Waals surface area contributed by atoms with Crippen molar-refractivity contribution in [1.82, 2.24) is 0 Å². The van der Waals surface area contributed by atoms with E-state index in [1.165, 1.54) is 0 Å². The molecule has 0 bridgehead atoms. The zero-order valence-electron chi connectivity index (χ0n) is 5.42. The van der Waals surface area contributed by atoms with Crippen LogP contribution in [0.15, 0.2) is 17.8 Å². The third kappa shape index (κ3) is 1.88. The molecule has 2 heteroatoms. The zero-order chi connectivity index (χ0) is 6.53. The highest BCUT2D eigenvalue weighted by Crippen LogP contribution is 2.10. The molecule has 0 saturated carbocycles. The normalized spacial score (nSPS) is 23.8. The molecule has 1 aliphatic rings. The molecule has 0 aromatic rings. The van der Waals surface area contributed by atoms with Crippen molar-refractivity contribution in [3.8, 4) is 0 Å². The van der Waals surface area contributed by atoms with Gasteiger partial charge >= 0.3 is 0 Å². The highest BCUT2D eigenvalue weighted by Gasteiger charge is 2.10. The molecular weight excluding hydrogens is 114 g/mol. The quantitative estimate of drug-likeness (QED) is 0.526. The van der Waals surface area contributed by atoms with Crippen molar-refractivity contribution in [2.24, 2.45) is 5.16 Å². The fourth-order valence-electron chi connectivity index (χ4n) is 0.807. The topological polar surface area (TPSA) is 21.6 Å². The first-order chi connectivity index (χ1) is 4.43. The van der Waals surface area contributed by atoms with Crippen molar-refractivity contribution in [3.63, 3.8) is 0 Å². The molecular formula is C7H11NO. The van der Waals surface area contributed by atoms with Gasteiger partial charge in [0.2, 0.25) is 0 Å². The molecule has 50 valence electrons. The highest BCUT2D eigenvalue weighted by molar-refractivity contribution is 5.58. The Morgan fingerprint density at radius 2 is 2.78 bits per heavy atom. The van der Waals surface area contributed by atoms with Crippen LogP contribution in [0.2, 0.25) is 0 Å². The summed E-state index contributed by atoms with van der Waals surface area (Å²) in [7, 11) is 0. The molecule has 1 rings (SSSR count). The molecule has 1 unspecified atom stereocenters. The summed E-state index contributed by atoms with van der Waals surface area (Å²) in [6.07, 6.45) is 7.07. The zero-order valence-corrected chi connectivity index (χ0v) is 5.42. The molecule has 9 heavy (non-hydrogen) atoms. The molecule has 0 N–H and O–H groups in total. The van der Waals surface area contributed by atoms with Crippen LogP contribution >= 0.6 is 0 Å². The Balaban J connectivity index is 2.07. The van der Waals surface area contributed by atoms with Gasteiger partial charge in [-0.25, -0.2) is 0 Å². The van der Waals surface area contributed by atoms with E-state index >= 15 is 0 Å². The minimum absolute atomic E-state index is 0.322. The van der Waals surface area contributed by atoms with Crippen LogP contribution in [0.3, 0.4) is 0 Å². The first-order valence-corrected chi connectivity index (χ1v) is 3.22. The molecule has 1 aliphatic heterocycles. The van der Waals surface area contributed by atoms with Crippen molar-refractivity contribution >= 4 is 6.21 Å². The molecule has 0 aromatic carbocycles. The van der Waals surface area contributed by atoms with Crippen LogP contribution in [0.5, 0.6) is 0 Å². The molecule has 0 saturated heterocycles. The Hall–Kier alpha value is -0.790. The summed E-state index contributed by atoms with van der Waals surface area (Å²) in [6.45, 7) is 3.63. The Labute approximate surface area is 55.2 Å². The standard InChI is InChI=1S/C7H11NO/c1-2-3-4-7-5-6-8-9-7/h2,6-7H,1,3-5H2. The third-order valence-corrected chi connectivity index (χ3v) is 1.35. The van der Waals surface area contributed by atoms with Gasteiger partial charge in [-0.05, 0) is 12.8 Å². The van der Waals surface area contributed by atoms with Crippen LogP contribution in [0.4, 0.5) is 0 Å². The van der Waals surface area contributed by atoms with Gasteiger partial charge in [0.25, 0.3) is 0 Å². The number of hydrogen-bond donors (Lipinski definition) is 0. The van der Waals surface area contributed by atoms with E-state index in [1.54, 1.807) is 0 Å². The maximum atomic E-state index is 4.98. The van der Waals surface area contributed by atoms with Crippen LogP contribution in [0.1, 0.15) is 19.3 Å². The largest absolute Gasteiger partial charge is 0.392 e. The lowest BCUT2D eigenvalue weighted by Crippen LogP contribution is -2.03. The number of nitrogens with zero attached hydrogens (tertiary/aromatic N) is 1. The summed E-state index contributed by atoms with van der Waals surface area (Å²) in [5.74, 6) is 0. The Bertz CT molecular complexity index is 112. The van der Waals surface area contributed by atoms with E-state index < -0.39 is 0 Å². The van der Waals surface area contributed by atoms with Gasteiger partial charge in [0.1, 0.15) is 6.10 Å². The Morgan fingerprint density at radius 1 is 1.89 bits per heavy atom. The molecule has 0 spiro atoms. The molecule has 0 amide bonds. The Morgan fingerprint density at radius 3 is 3.33 bits per heavy atom. The predicted octanol–water partition coefficient (Wildman–Crippen LogP) is 1.73. The van der Waals surface area contributed by atoms with Crippen LogP contribution in [-0.4, -0.2) is 12.3 Å². The summed E-state index contributed by atoms with van der Waals surface area (Å²) < 4.78 is 0. The second-order valence-electron chi connectivity index (χ2n) is 2.12. The summed E-state index contributed by atoms with van der Waals surface area (Å²) in [5, 5.41) is 3.66. The monoisotopic (exact) mass is 125 g/mol. The van der Waals surface area contributed by atoms with Gasteiger partial charge in [0.15, 0.2) is 0 Å². The van der Waals surface area contributed by atoms with Crippen molar-refractivity contribution in [3.05, 3.63) is 12.7 Å². The minimum atomic E-state index is 0.322. The van der Waals surface area contributed by atoms with E-state index in [0.717, 1.165) is 19.3 Å². The second kappa shape index (κ2) is 3.28. The molecule has 2 nitrogen and oxygen atoms in total. The van der Waals surface area contributed by atoms with Crippen molar-refractivity contribution in [1.29, 1.82) is 0 Å². The van der Waals surface area contributed by atoms with Gasteiger partial charge in [-0.3, -0.25) is 0 Å². The van der Waals surface area contributed by atoms with Crippen LogP contribution in [-0.2, 0) is 4.84 Å². The predicted molar refractivity (Wildman–Crippen MR) is 37.4 cm³/mol. The van der Waals surface area contributed by atoms with E-state index in [1.807, 2.05) is 12.3 Å². The SMILES string of the molecule is C=CCCC1CC=NO1. The molecule has 0 fully saturated rings. The fraction of sp³-hybridized carbons (Fsp3) is 0.571. The number of allylic oxidation sites excluding steroid dienone is 1. The summed E-state index contributed by atoms with van der Waals surface area (Å²) in [6, 6.07) is 0. The van der Waals surface area contributed by atoms with E-state index in [2.05, 4.69) is 11.7 Å². The van der Waals surface area contributed by atoms with Crippen LogP contribution in [0, 0.1) is 0 Å². The maximum absolute atomic E-state index is 4.98. The number of oxime groups is 1. The third-order valence-electron chi connectivity index (χ3n) is 1.35. The van der Waals surface area contributed by atoms with Gasteiger partial charge in [-0.15, -0.1) is 6.58 Å². The average Bonchev–Trinajstić information content (AvgIpc) is 2.34. The van der Waals surface area contributed by atoms with Crippen LogP contribution in [0.25, 0.3) is 0 Å². The smallest absolute Gasteiger partial charge is 0.132 e. The lowest BCUT2D eigenvalue weighted by molar-refractivity contribution is 0.0800. The molecule has 0 radical (unpaired) electrons. The highest BCUT2D eigenvalue weighted by atomic mass is 16.6. The summed E-state index contributed by atoms with van der Waals surface area (Å²) in [4.78, 5) is 4.98. The first-order valence-electron chi connectivity index (χ1n) is 3.22. The van der Waals surface area contributed by atoms with E-state index in [0.29, 0.717) is 6.10 Å². The number of hydrogen-bond acceptors (Lipinski definition) is 2. The van der Waals surface area contributed by atoms with E-state index in [4.69, 9.17) is 4.84 Å². The van der Waals surface area contributed by atoms with Gasteiger partial charge in [-0.1, -0.05) is 11.2 Å². The van der Waals surface area contributed by atoms with Gasteiger partial charge in [0, 0.05) is 12.6 Å². The first kappa shape index (κ1) is 6.33. The average molecular weight is 125 g/mol.